The third-order valence-corrected chi connectivity index (χ3v) is 14.9. The lowest BCUT2D eigenvalue weighted by atomic mass is 9.95. The van der Waals surface area contributed by atoms with Crippen molar-refractivity contribution < 1.29 is 36.3 Å². The van der Waals surface area contributed by atoms with Gasteiger partial charge in [-0.15, -0.1) is 0 Å². The molecule has 5 aromatic rings. The first-order chi connectivity index (χ1) is 32.8. The molecule has 22 heteroatoms. The lowest BCUT2D eigenvalue weighted by Crippen LogP contribution is -2.52. The molecule has 0 bridgehead atoms. The van der Waals surface area contributed by atoms with Crippen LogP contribution in [0.3, 0.4) is 0 Å². The van der Waals surface area contributed by atoms with E-state index in [0.29, 0.717) is 41.6 Å². The summed E-state index contributed by atoms with van der Waals surface area (Å²) >= 11 is 0. The lowest BCUT2D eigenvalue weighted by Gasteiger charge is -2.39. The molecule has 4 fully saturated rings. The number of nitriles is 1. The number of hydrogen-bond acceptors (Lipinski definition) is 14. The number of amides is 3. The molecule has 0 aliphatic carbocycles. The van der Waals surface area contributed by atoms with Gasteiger partial charge in [0.05, 0.1) is 34.7 Å². The molecule has 2 aromatic heterocycles. The largest absolute Gasteiger partial charge is 0.453 e. The van der Waals surface area contributed by atoms with Crippen molar-refractivity contribution in [2.75, 3.05) is 73.4 Å². The van der Waals surface area contributed by atoms with Crippen molar-refractivity contribution in [2.24, 2.45) is 5.92 Å². The van der Waals surface area contributed by atoms with Gasteiger partial charge in [0.2, 0.25) is 17.8 Å². The van der Waals surface area contributed by atoms with E-state index in [9.17, 15) is 37.2 Å². The van der Waals surface area contributed by atoms with Crippen molar-refractivity contribution in [3.8, 4) is 23.3 Å². The number of alkyl halides is 1. The number of hydrogen-bond donors (Lipinski definition) is 2. The second-order valence-corrected chi connectivity index (χ2v) is 19.3. The molecule has 0 spiro atoms. The van der Waals surface area contributed by atoms with Crippen molar-refractivity contribution in [1.82, 2.24) is 38.9 Å². The third kappa shape index (κ3) is 8.79. The zero-order valence-corrected chi connectivity index (χ0v) is 37.5. The van der Waals surface area contributed by atoms with Crippen LogP contribution in [0.25, 0.3) is 16.6 Å². The Labute approximate surface area is 389 Å². The molecule has 2 N–H and O–H groups in total. The molecule has 3 amide bonds. The highest BCUT2D eigenvalue weighted by molar-refractivity contribution is 7.90. The van der Waals surface area contributed by atoms with Crippen LogP contribution in [0.1, 0.15) is 53.6 Å². The van der Waals surface area contributed by atoms with Crippen molar-refractivity contribution in [3.05, 3.63) is 100 Å². The number of piperidine rings is 2. The van der Waals surface area contributed by atoms with Crippen LogP contribution in [0, 0.1) is 23.1 Å². The first kappa shape index (κ1) is 44.7. The number of piperazine rings is 1. The van der Waals surface area contributed by atoms with Crippen LogP contribution in [0.5, 0.6) is 11.5 Å². The molecule has 5 aliphatic heterocycles. The van der Waals surface area contributed by atoms with Gasteiger partial charge in [-0.1, -0.05) is 0 Å². The average Bonchev–Trinajstić information content (AvgIpc) is 3.93. The molecule has 1 unspecified atom stereocenters. The number of fused-ring (bicyclic) bond motifs is 2. The monoisotopic (exact) mass is 948 g/mol. The predicted molar refractivity (Wildman–Crippen MR) is 244 cm³/mol. The van der Waals surface area contributed by atoms with Crippen molar-refractivity contribution in [1.29, 1.82) is 5.26 Å². The summed E-state index contributed by atoms with van der Waals surface area (Å²) < 4.78 is 65.0. The Hall–Kier alpha value is -7.09. The molecule has 10 rings (SSSR count). The minimum Gasteiger partial charge on any atom is -0.453 e. The average molecular weight is 949 g/mol. The Morgan fingerprint density at radius 2 is 1.65 bits per heavy atom. The molecule has 5 aliphatic rings. The second-order valence-electron chi connectivity index (χ2n) is 17.7. The summed E-state index contributed by atoms with van der Waals surface area (Å²) in [5, 5.41) is 12.4. The molecule has 0 radical (unpaired) electrons. The number of carbonyl (C=O) groups excluding carboxylic acids is 3. The maximum absolute atomic E-state index is 15.2. The fourth-order valence-corrected chi connectivity index (χ4v) is 10.9. The van der Waals surface area contributed by atoms with E-state index < -0.39 is 51.0 Å². The number of imide groups is 1. The van der Waals surface area contributed by atoms with Crippen LogP contribution in [-0.2, 0) is 26.3 Å². The summed E-state index contributed by atoms with van der Waals surface area (Å²) in [6, 6.07) is 13.4. The molecular weight excluding hydrogens is 903 g/mol. The Morgan fingerprint density at radius 3 is 2.37 bits per heavy atom. The standard InChI is InChI=1S/C46H46F2N12O7S/c47-30-11-14-58(26-30)68(65,66)54-39-6-4-37(48)42(36(39)21-49)67-33-2-5-38-35(20-33)45(64)60(27-52-38)32-22-50-46(51-23-32)57-17-15-55(16-18-57)24-28-9-12-56(13-10-28)31-1-3-34-29(19-31)25-59(44(34)63)40-7-8-41(61)53-43(40)62/h1-6,19-20,22-23,27-28,30,40,54H,7-18,24-26H2,(H,53,61,62)/t30-,40?/m1/s1. The van der Waals surface area contributed by atoms with Crippen LogP contribution in [0.4, 0.5) is 26.1 Å². The Morgan fingerprint density at radius 1 is 0.868 bits per heavy atom. The smallest absolute Gasteiger partial charge is 0.301 e. The van der Waals surface area contributed by atoms with E-state index in [2.05, 4.69) is 45.8 Å². The zero-order chi connectivity index (χ0) is 47.3. The summed E-state index contributed by atoms with van der Waals surface area (Å²) in [6.07, 6.45) is 5.78. The van der Waals surface area contributed by atoms with E-state index in [1.165, 1.54) is 29.1 Å². The first-order valence-corrected chi connectivity index (χ1v) is 23.9. The molecule has 0 saturated carbocycles. The second kappa shape index (κ2) is 18.2. The topological polar surface area (TPSA) is 219 Å². The minimum atomic E-state index is -4.25. The molecule has 19 nitrogen and oxygen atoms in total. The highest BCUT2D eigenvalue weighted by Crippen LogP contribution is 2.36. The third-order valence-electron chi connectivity index (χ3n) is 13.4. The summed E-state index contributed by atoms with van der Waals surface area (Å²) in [7, 11) is -4.25. The highest BCUT2D eigenvalue weighted by atomic mass is 32.2. The highest BCUT2D eigenvalue weighted by Gasteiger charge is 2.39. The van der Waals surface area contributed by atoms with Gasteiger partial charge in [0.25, 0.3) is 11.5 Å². The van der Waals surface area contributed by atoms with E-state index in [1.54, 1.807) is 23.4 Å². The van der Waals surface area contributed by atoms with Crippen LogP contribution in [0.15, 0.2) is 72.0 Å². The quantitative estimate of drug-likeness (QED) is 0.181. The number of nitrogens with zero attached hydrogens (tertiary/aromatic N) is 10. The maximum Gasteiger partial charge on any atom is 0.301 e. The minimum absolute atomic E-state index is 0.0158. The van der Waals surface area contributed by atoms with E-state index in [1.807, 2.05) is 12.1 Å². The number of aromatic nitrogens is 4. The fraction of sp³-hybridized carbons (Fsp3) is 0.391. The van der Waals surface area contributed by atoms with Gasteiger partial charge in [-0.3, -0.25) is 38.7 Å². The summed E-state index contributed by atoms with van der Waals surface area (Å²) in [4.78, 5) is 73.2. The number of ether oxygens (including phenoxy) is 1. The summed E-state index contributed by atoms with van der Waals surface area (Å²) in [5.41, 5.74) is 2.08. The fourth-order valence-electron chi connectivity index (χ4n) is 9.66. The molecular formula is C46H46F2N12O7S. The SMILES string of the molecule is N#Cc1c(NS(=O)(=O)N2CC[C@@H](F)C2)ccc(F)c1Oc1ccc2ncn(-c3cnc(N4CCN(CC5CCN(c6ccc7c(c6)CN(C6CCC(=O)NC6=O)C7=O)CC5)CC4)nc3)c(=O)c2c1. The first-order valence-electron chi connectivity index (χ1n) is 22.5. The van der Waals surface area contributed by atoms with Crippen molar-refractivity contribution in [3.63, 3.8) is 0 Å². The molecule has 3 aromatic carbocycles. The van der Waals surface area contributed by atoms with Crippen molar-refractivity contribution in [2.45, 2.75) is 50.9 Å². The normalized spacial score (nSPS) is 20.7. The lowest BCUT2D eigenvalue weighted by molar-refractivity contribution is -0.136. The molecule has 68 heavy (non-hydrogen) atoms. The van der Waals surface area contributed by atoms with E-state index in [0.717, 1.165) is 86.3 Å². The number of anilines is 3. The number of benzene rings is 3. The number of halogens is 2. The van der Waals surface area contributed by atoms with Gasteiger partial charge in [0.1, 0.15) is 35.9 Å². The van der Waals surface area contributed by atoms with Gasteiger partial charge in [-0.25, -0.2) is 23.7 Å². The zero-order valence-electron chi connectivity index (χ0n) is 36.7. The molecule has 4 saturated heterocycles. The Kier molecular flexibility index (Phi) is 12.0. The molecule has 2 atom stereocenters. The number of rotatable bonds is 11. The molecule has 7 heterocycles. The van der Waals surface area contributed by atoms with Gasteiger partial charge < -0.3 is 19.4 Å². The molecule has 352 valence electrons. The van der Waals surface area contributed by atoms with Gasteiger partial charge in [-0.05, 0) is 85.7 Å². The van der Waals surface area contributed by atoms with Crippen LogP contribution in [-0.4, -0.2) is 131 Å². The number of nitrogens with one attached hydrogen (secondary N) is 2. The Bertz CT molecular complexity index is 3040. The summed E-state index contributed by atoms with van der Waals surface area (Å²) in [5.74, 6) is -1.36. The van der Waals surface area contributed by atoms with E-state index >= 15 is 4.39 Å². The number of carbonyl (C=O) groups is 3. The summed E-state index contributed by atoms with van der Waals surface area (Å²) in [6.45, 7) is 5.87. The Balaban J connectivity index is 0.733. The van der Waals surface area contributed by atoms with Gasteiger partial charge in [-0.2, -0.15) is 18.0 Å². The van der Waals surface area contributed by atoms with Gasteiger partial charge in [0, 0.05) is 83.1 Å². The van der Waals surface area contributed by atoms with Crippen LogP contribution >= 0.6 is 0 Å². The van der Waals surface area contributed by atoms with Gasteiger partial charge >= 0.3 is 10.2 Å². The van der Waals surface area contributed by atoms with Crippen LogP contribution in [0.2, 0.25) is 0 Å². The van der Waals surface area contributed by atoms with E-state index in [-0.39, 0.29) is 54.6 Å². The van der Waals surface area contributed by atoms with E-state index in [4.69, 9.17) is 4.74 Å². The van der Waals surface area contributed by atoms with Crippen molar-refractivity contribution >= 4 is 56.2 Å². The van der Waals surface area contributed by atoms with Gasteiger partial charge in [0.15, 0.2) is 11.6 Å². The predicted octanol–water partition coefficient (Wildman–Crippen LogP) is 3.48. The maximum atomic E-state index is 15.2. The van der Waals surface area contributed by atoms with Crippen LogP contribution < -0.4 is 30.1 Å².